The number of rotatable bonds is 1. The summed E-state index contributed by atoms with van der Waals surface area (Å²) < 4.78 is 87.3. The van der Waals surface area contributed by atoms with E-state index in [1.54, 1.807) is 0 Å². The zero-order chi connectivity index (χ0) is 13.4. The highest BCUT2D eigenvalue weighted by molar-refractivity contribution is 5.40. The highest BCUT2D eigenvalue weighted by atomic mass is 19.4. The van der Waals surface area contributed by atoms with Crippen molar-refractivity contribution in [2.24, 2.45) is 5.73 Å². The van der Waals surface area contributed by atoms with Gasteiger partial charge >= 0.3 is 12.4 Å². The third-order valence-electron chi connectivity index (χ3n) is 1.99. The van der Waals surface area contributed by atoms with Crippen molar-refractivity contribution in [1.82, 2.24) is 0 Å². The van der Waals surface area contributed by atoms with Crippen LogP contribution in [0.5, 0.6) is 0 Å². The average molecular weight is 261 g/mol. The van der Waals surface area contributed by atoms with Crippen LogP contribution >= 0.6 is 0 Å². The van der Waals surface area contributed by atoms with Crippen molar-refractivity contribution in [3.8, 4) is 0 Å². The summed E-state index contributed by atoms with van der Waals surface area (Å²) >= 11 is 0. The van der Waals surface area contributed by atoms with Gasteiger partial charge in [-0.15, -0.1) is 0 Å². The standard InChI is InChI=1S/C9H6F7N/c10-5-1-4(3-17)7(9(14,15)16)6(2-5)8(11,12)13/h1-2H,3,17H2. The van der Waals surface area contributed by atoms with Crippen LogP contribution in [0.15, 0.2) is 12.1 Å². The number of hydrogen-bond donors (Lipinski definition) is 1. The van der Waals surface area contributed by atoms with Crippen molar-refractivity contribution in [3.05, 3.63) is 34.6 Å². The van der Waals surface area contributed by atoms with Gasteiger partial charge in [-0.2, -0.15) is 26.3 Å². The van der Waals surface area contributed by atoms with Crippen LogP contribution in [0.2, 0.25) is 0 Å². The maximum Gasteiger partial charge on any atom is 0.417 e. The monoisotopic (exact) mass is 261 g/mol. The van der Waals surface area contributed by atoms with Crippen LogP contribution in [0, 0.1) is 5.82 Å². The molecule has 1 aromatic rings. The summed E-state index contributed by atoms with van der Waals surface area (Å²) in [6.45, 7) is -0.838. The van der Waals surface area contributed by atoms with E-state index in [1.165, 1.54) is 0 Å². The maximum atomic E-state index is 12.8. The van der Waals surface area contributed by atoms with E-state index in [2.05, 4.69) is 0 Å². The Balaban J connectivity index is 3.63. The Hall–Kier alpha value is -1.31. The molecule has 0 aliphatic heterocycles. The van der Waals surface area contributed by atoms with Gasteiger partial charge < -0.3 is 5.73 Å². The second-order valence-electron chi connectivity index (χ2n) is 3.19. The fraction of sp³-hybridized carbons (Fsp3) is 0.333. The minimum absolute atomic E-state index is 0.192. The first-order valence-corrected chi connectivity index (χ1v) is 4.24. The number of nitrogens with two attached hydrogens (primary N) is 1. The molecule has 0 radical (unpaired) electrons. The van der Waals surface area contributed by atoms with E-state index >= 15 is 0 Å². The molecule has 0 spiro atoms. The third kappa shape index (κ3) is 2.87. The van der Waals surface area contributed by atoms with Crippen LogP contribution in [-0.2, 0) is 18.9 Å². The lowest BCUT2D eigenvalue weighted by atomic mass is 9.99. The summed E-state index contributed by atoms with van der Waals surface area (Å²) in [5.74, 6) is -1.41. The molecule has 0 aliphatic carbocycles. The second-order valence-corrected chi connectivity index (χ2v) is 3.19. The van der Waals surface area contributed by atoms with Crippen molar-refractivity contribution in [1.29, 1.82) is 0 Å². The fourth-order valence-corrected chi connectivity index (χ4v) is 1.38. The zero-order valence-electron chi connectivity index (χ0n) is 8.08. The number of benzene rings is 1. The molecule has 1 rings (SSSR count). The summed E-state index contributed by atoms with van der Waals surface area (Å²) in [5.41, 5.74) is -0.0323. The van der Waals surface area contributed by atoms with E-state index in [0.717, 1.165) is 0 Å². The lowest BCUT2D eigenvalue weighted by Crippen LogP contribution is -2.20. The first-order chi connectivity index (χ1) is 7.57. The van der Waals surface area contributed by atoms with Gasteiger partial charge in [0, 0.05) is 6.54 Å². The van der Waals surface area contributed by atoms with Gasteiger partial charge in [0.1, 0.15) is 5.82 Å². The Morgan fingerprint density at radius 1 is 0.941 bits per heavy atom. The van der Waals surface area contributed by atoms with Crippen LogP contribution in [0.3, 0.4) is 0 Å². The molecule has 8 heteroatoms. The highest BCUT2D eigenvalue weighted by Gasteiger charge is 2.44. The fourth-order valence-electron chi connectivity index (χ4n) is 1.38. The van der Waals surface area contributed by atoms with Gasteiger partial charge in [-0.1, -0.05) is 0 Å². The smallest absolute Gasteiger partial charge is 0.326 e. The Morgan fingerprint density at radius 2 is 1.47 bits per heavy atom. The van der Waals surface area contributed by atoms with Gasteiger partial charge in [-0.25, -0.2) is 4.39 Å². The molecule has 0 aromatic heterocycles. The van der Waals surface area contributed by atoms with E-state index in [0.29, 0.717) is 6.07 Å². The predicted molar refractivity (Wildman–Crippen MR) is 44.3 cm³/mol. The van der Waals surface area contributed by atoms with Crippen molar-refractivity contribution < 1.29 is 30.7 Å². The molecule has 0 bridgehead atoms. The minimum Gasteiger partial charge on any atom is -0.326 e. The lowest BCUT2D eigenvalue weighted by Gasteiger charge is -2.18. The molecule has 1 nitrogen and oxygen atoms in total. The molecule has 0 heterocycles. The quantitative estimate of drug-likeness (QED) is 0.771. The molecule has 0 amide bonds. The summed E-state index contributed by atoms with van der Waals surface area (Å²) in [7, 11) is 0. The molecule has 17 heavy (non-hydrogen) atoms. The van der Waals surface area contributed by atoms with Crippen molar-refractivity contribution in [3.63, 3.8) is 0 Å². The topological polar surface area (TPSA) is 26.0 Å². The summed E-state index contributed by atoms with van der Waals surface area (Å²) in [4.78, 5) is 0. The van der Waals surface area contributed by atoms with Gasteiger partial charge in [0.25, 0.3) is 0 Å². The first kappa shape index (κ1) is 13.8. The number of hydrogen-bond acceptors (Lipinski definition) is 1. The molecule has 0 atom stereocenters. The van der Waals surface area contributed by atoms with Gasteiger partial charge in [0.15, 0.2) is 0 Å². The summed E-state index contributed by atoms with van der Waals surface area (Å²) in [5, 5.41) is 0. The van der Waals surface area contributed by atoms with Crippen molar-refractivity contribution in [2.75, 3.05) is 0 Å². The van der Waals surface area contributed by atoms with Gasteiger partial charge in [0.05, 0.1) is 11.1 Å². The van der Waals surface area contributed by atoms with Crippen LogP contribution in [0.1, 0.15) is 16.7 Å². The minimum atomic E-state index is -5.29. The summed E-state index contributed by atoms with van der Waals surface area (Å²) in [6.07, 6.45) is -10.5. The molecule has 0 aliphatic rings. The van der Waals surface area contributed by atoms with E-state index < -0.39 is 41.4 Å². The third-order valence-corrected chi connectivity index (χ3v) is 1.99. The number of halogens is 7. The normalized spacial score (nSPS) is 12.9. The molecule has 0 fully saturated rings. The van der Waals surface area contributed by atoms with Gasteiger partial charge in [-0.3, -0.25) is 0 Å². The molecule has 96 valence electrons. The molecular weight excluding hydrogens is 255 g/mol. The van der Waals surface area contributed by atoms with E-state index in [9.17, 15) is 30.7 Å². The molecule has 0 saturated carbocycles. The Bertz CT molecular complexity index is 419. The molecule has 1 aromatic carbocycles. The number of alkyl halides is 6. The highest BCUT2D eigenvalue weighted by Crippen LogP contribution is 2.42. The van der Waals surface area contributed by atoms with Crippen molar-refractivity contribution >= 4 is 0 Å². The molecule has 0 saturated heterocycles. The van der Waals surface area contributed by atoms with Crippen LogP contribution in [-0.4, -0.2) is 0 Å². The van der Waals surface area contributed by atoms with E-state index in [-0.39, 0.29) is 6.07 Å². The largest absolute Gasteiger partial charge is 0.417 e. The van der Waals surface area contributed by atoms with E-state index in [4.69, 9.17) is 5.73 Å². The molecular formula is C9H6F7N. The molecule has 2 N–H and O–H groups in total. The molecule has 0 unspecified atom stereocenters. The van der Waals surface area contributed by atoms with Gasteiger partial charge in [0.2, 0.25) is 0 Å². The van der Waals surface area contributed by atoms with Crippen LogP contribution in [0.4, 0.5) is 30.7 Å². The Kier molecular flexibility index (Phi) is 3.37. The SMILES string of the molecule is NCc1cc(F)cc(C(F)(F)F)c1C(F)(F)F. The zero-order valence-corrected chi connectivity index (χ0v) is 8.08. The van der Waals surface area contributed by atoms with Crippen LogP contribution < -0.4 is 5.73 Å². The Morgan fingerprint density at radius 3 is 1.82 bits per heavy atom. The Labute approximate surface area is 91.0 Å². The first-order valence-electron chi connectivity index (χ1n) is 4.24. The van der Waals surface area contributed by atoms with E-state index in [1.807, 2.05) is 0 Å². The average Bonchev–Trinajstić information content (AvgIpc) is 2.12. The summed E-state index contributed by atoms with van der Waals surface area (Å²) in [6, 6.07) is 0.153. The lowest BCUT2D eigenvalue weighted by molar-refractivity contribution is -0.162. The second kappa shape index (κ2) is 4.17. The van der Waals surface area contributed by atoms with Gasteiger partial charge in [-0.05, 0) is 17.7 Å². The maximum absolute atomic E-state index is 12.8. The predicted octanol–water partition coefficient (Wildman–Crippen LogP) is 3.32. The van der Waals surface area contributed by atoms with Crippen LogP contribution in [0.25, 0.3) is 0 Å². The van der Waals surface area contributed by atoms with Crippen molar-refractivity contribution in [2.45, 2.75) is 18.9 Å².